The zero-order valence-corrected chi connectivity index (χ0v) is 10.1. The van der Waals surface area contributed by atoms with Gasteiger partial charge in [0, 0.05) is 24.9 Å². The molecule has 1 fully saturated rings. The number of rotatable bonds is 5. The summed E-state index contributed by atoms with van der Waals surface area (Å²) >= 11 is 0. The van der Waals surface area contributed by atoms with Crippen molar-refractivity contribution in [2.45, 2.75) is 31.7 Å². The highest BCUT2D eigenvalue weighted by Gasteiger charge is 2.24. The molecular weight excluding hydrogens is 214 g/mol. The lowest BCUT2D eigenvalue weighted by atomic mass is 9.91. The molecule has 1 aromatic rings. The molecule has 1 aliphatic carbocycles. The quantitative estimate of drug-likeness (QED) is 0.677. The van der Waals surface area contributed by atoms with Gasteiger partial charge in [-0.1, -0.05) is 0 Å². The van der Waals surface area contributed by atoms with E-state index in [1.807, 2.05) is 18.2 Å². The van der Waals surface area contributed by atoms with Gasteiger partial charge in [0.1, 0.15) is 0 Å². The van der Waals surface area contributed by atoms with Crippen LogP contribution in [0, 0.1) is 0 Å². The fraction of sp³-hybridized carbons (Fsp3) is 0.538. The van der Waals surface area contributed by atoms with Gasteiger partial charge in [0.2, 0.25) is 0 Å². The Balaban J connectivity index is 2.15. The van der Waals surface area contributed by atoms with Crippen molar-refractivity contribution in [1.29, 1.82) is 0 Å². The predicted octanol–water partition coefficient (Wildman–Crippen LogP) is 1.59. The zero-order chi connectivity index (χ0) is 12.3. The summed E-state index contributed by atoms with van der Waals surface area (Å²) in [7, 11) is 0. The average Bonchev–Trinajstić information content (AvgIpc) is 2.25. The van der Waals surface area contributed by atoms with E-state index in [1.54, 1.807) is 0 Å². The number of nitrogens with zero attached hydrogens (tertiary/aromatic N) is 1. The van der Waals surface area contributed by atoms with Crippen molar-refractivity contribution < 1.29 is 5.11 Å². The van der Waals surface area contributed by atoms with Gasteiger partial charge in [0.05, 0.1) is 11.4 Å². The number of nitrogens with two attached hydrogens (primary N) is 2. The van der Waals surface area contributed by atoms with Gasteiger partial charge >= 0.3 is 0 Å². The third kappa shape index (κ3) is 2.64. The number of anilines is 3. The van der Waals surface area contributed by atoms with Crippen molar-refractivity contribution >= 4 is 17.1 Å². The van der Waals surface area contributed by atoms with Crippen LogP contribution in [0.5, 0.6) is 0 Å². The molecule has 5 N–H and O–H groups in total. The SMILES string of the molecule is Nc1ccc(N(CCCO)C2CCC2)cc1N. The first-order valence-electron chi connectivity index (χ1n) is 6.25. The topological polar surface area (TPSA) is 75.5 Å². The second-order valence-electron chi connectivity index (χ2n) is 4.67. The first-order chi connectivity index (χ1) is 8.22. The summed E-state index contributed by atoms with van der Waals surface area (Å²) in [5.74, 6) is 0. The monoisotopic (exact) mass is 235 g/mol. The van der Waals surface area contributed by atoms with Gasteiger partial charge in [0.15, 0.2) is 0 Å². The normalized spacial score (nSPS) is 15.6. The van der Waals surface area contributed by atoms with Crippen LogP contribution in [0.4, 0.5) is 17.1 Å². The minimum Gasteiger partial charge on any atom is -0.397 e. The van der Waals surface area contributed by atoms with Gasteiger partial charge in [0.25, 0.3) is 0 Å². The molecule has 0 unspecified atom stereocenters. The molecule has 0 heterocycles. The maximum absolute atomic E-state index is 8.96. The Morgan fingerprint density at radius 1 is 1.24 bits per heavy atom. The summed E-state index contributed by atoms with van der Waals surface area (Å²) in [6, 6.07) is 6.41. The van der Waals surface area contributed by atoms with Crippen LogP contribution in [0.25, 0.3) is 0 Å². The highest BCUT2D eigenvalue weighted by Crippen LogP contribution is 2.31. The molecule has 1 aromatic carbocycles. The predicted molar refractivity (Wildman–Crippen MR) is 72.0 cm³/mol. The number of aliphatic hydroxyl groups excluding tert-OH is 1. The van der Waals surface area contributed by atoms with Crippen LogP contribution in [0.15, 0.2) is 18.2 Å². The van der Waals surface area contributed by atoms with E-state index in [2.05, 4.69) is 4.90 Å². The number of hydrogen-bond donors (Lipinski definition) is 3. The Kier molecular flexibility index (Phi) is 3.74. The summed E-state index contributed by atoms with van der Waals surface area (Å²) in [5, 5.41) is 8.96. The largest absolute Gasteiger partial charge is 0.397 e. The third-order valence-corrected chi connectivity index (χ3v) is 3.47. The number of aliphatic hydroxyl groups is 1. The molecule has 0 bridgehead atoms. The summed E-state index contributed by atoms with van der Waals surface area (Å²) in [4.78, 5) is 2.34. The summed E-state index contributed by atoms with van der Waals surface area (Å²) in [5.41, 5.74) is 14.0. The standard InChI is InChI=1S/C13H21N3O/c14-12-6-5-11(9-13(12)15)16(7-2-8-17)10-3-1-4-10/h5-6,9-10,17H,1-4,7-8,14-15H2. The van der Waals surface area contributed by atoms with E-state index >= 15 is 0 Å². The second kappa shape index (κ2) is 5.27. The fourth-order valence-corrected chi connectivity index (χ4v) is 2.20. The first kappa shape index (κ1) is 12.0. The molecule has 94 valence electrons. The van der Waals surface area contributed by atoms with Gasteiger partial charge < -0.3 is 21.5 Å². The molecular formula is C13H21N3O. The maximum Gasteiger partial charge on any atom is 0.0568 e. The molecule has 1 saturated carbocycles. The average molecular weight is 235 g/mol. The van der Waals surface area contributed by atoms with Gasteiger partial charge in [-0.15, -0.1) is 0 Å². The Morgan fingerprint density at radius 3 is 2.53 bits per heavy atom. The van der Waals surface area contributed by atoms with Gasteiger partial charge in [-0.3, -0.25) is 0 Å². The zero-order valence-electron chi connectivity index (χ0n) is 10.1. The van der Waals surface area contributed by atoms with E-state index in [4.69, 9.17) is 16.6 Å². The lowest BCUT2D eigenvalue weighted by Crippen LogP contribution is -2.41. The minimum atomic E-state index is 0.230. The highest BCUT2D eigenvalue weighted by atomic mass is 16.3. The molecule has 0 aromatic heterocycles. The number of hydrogen-bond acceptors (Lipinski definition) is 4. The van der Waals surface area contributed by atoms with Crippen molar-refractivity contribution in [3.05, 3.63) is 18.2 Å². The van der Waals surface area contributed by atoms with Crippen molar-refractivity contribution in [2.24, 2.45) is 0 Å². The molecule has 0 radical (unpaired) electrons. The molecule has 0 amide bonds. The molecule has 4 nitrogen and oxygen atoms in total. The molecule has 0 saturated heterocycles. The van der Waals surface area contributed by atoms with Gasteiger partial charge in [-0.2, -0.15) is 0 Å². The summed E-state index contributed by atoms with van der Waals surface area (Å²) < 4.78 is 0. The van der Waals surface area contributed by atoms with Crippen molar-refractivity contribution in [1.82, 2.24) is 0 Å². The Hall–Kier alpha value is -1.42. The fourth-order valence-electron chi connectivity index (χ4n) is 2.20. The van der Waals surface area contributed by atoms with Gasteiger partial charge in [-0.25, -0.2) is 0 Å². The van der Waals surface area contributed by atoms with Crippen LogP contribution in [0.2, 0.25) is 0 Å². The number of benzene rings is 1. The van der Waals surface area contributed by atoms with Crippen molar-refractivity contribution in [3.8, 4) is 0 Å². The van der Waals surface area contributed by atoms with E-state index in [0.29, 0.717) is 17.4 Å². The smallest absolute Gasteiger partial charge is 0.0568 e. The lowest BCUT2D eigenvalue weighted by Gasteiger charge is -2.39. The van der Waals surface area contributed by atoms with Crippen LogP contribution in [-0.4, -0.2) is 24.3 Å². The number of nitrogen functional groups attached to an aromatic ring is 2. The minimum absolute atomic E-state index is 0.230. The molecule has 0 aliphatic heterocycles. The van der Waals surface area contributed by atoms with E-state index in [-0.39, 0.29) is 6.61 Å². The maximum atomic E-state index is 8.96. The van der Waals surface area contributed by atoms with Crippen LogP contribution >= 0.6 is 0 Å². The molecule has 4 heteroatoms. The Morgan fingerprint density at radius 2 is 2.00 bits per heavy atom. The molecule has 0 spiro atoms. The van der Waals surface area contributed by atoms with E-state index < -0.39 is 0 Å². The van der Waals surface area contributed by atoms with Gasteiger partial charge in [-0.05, 0) is 43.9 Å². The third-order valence-electron chi connectivity index (χ3n) is 3.47. The van der Waals surface area contributed by atoms with E-state index in [0.717, 1.165) is 18.7 Å². The van der Waals surface area contributed by atoms with E-state index in [9.17, 15) is 0 Å². The Bertz CT molecular complexity index is 377. The molecule has 17 heavy (non-hydrogen) atoms. The van der Waals surface area contributed by atoms with Crippen LogP contribution in [0.3, 0.4) is 0 Å². The molecule has 2 rings (SSSR count). The van der Waals surface area contributed by atoms with E-state index in [1.165, 1.54) is 19.3 Å². The summed E-state index contributed by atoms with van der Waals surface area (Å²) in [6.45, 7) is 1.11. The Labute approximate surface area is 102 Å². The lowest BCUT2D eigenvalue weighted by molar-refractivity contribution is 0.283. The summed E-state index contributed by atoms with van der Waals surface area (Å²) in [6.07, 6.45) is 4.55. The first-order valence-corrected chi connectivity index (χ1v) is 6.25. The van der Waals surface area contributed by atoms with Crippen molar-refractivity contribution in [2.75, 3.05) is 29.5 Å². The van der Waals surface area contributed by atoms with Crippen LogP contribution < -0.4 is 16.4 Å². The highest BCUT2D eigenvalue weighted by molar-refractivity contribution is 5.70. The molecule has 0 atom stereocenters. The molecule has 1 aliphatic rings. The second-order valence-corrected chi connectivity index (χ2v) is 4.67. The van der Waals surface area contributed by atoms with Crippen LogP contribution in [-0.2, 0) is 0 Å². The van der Waals surface area contributed by atoms with Crippen molar-refractivity contribution in [3.63, 3.8) is 0 Å². The van der Waals surface area contributed by atoms with Crippen LogP contribution in [0.1, 0.15) is 25.7 Å².